The van der Waals surface area contributed by atoms with Crippen LogP contribution in [0.5, 0.6) is 0 Å². The second kappa shape index (κ2) is 5.69. The summed E-state index contributed by atoms with van der Waals surface area (Å²) in [4.78, 5) is 25.2. The van der Waals surface area contributed by atoms with Gasteiger partial charge in [-0.25, -0.2) is 9.97 Å². The van der Waals surface area contributed by atoms with E-state index in [9.17, 15) is 9.90 Å². The molecule has 112 valence electrons. The van der Waals surface area contributed by atoms with E-state index in [1.165, 1.54) is 0 Å². The minimum atomic E-state index is -0.864. The Labute approximate surface area is 122 Å². The van der Waals surface area contributed by atoms with Crippen LogP contribution in [0, 0.1) is 0 Å². The lowest BCUT2D eigenvalue weighted by Gasteiger charge is -2.31. The highest BCUT2D eigenvalue weighted by atomic mass is 16.4. The van der Waals surface area contributed by atoms with E-state index in [0.717, 1.165) is 30.9 Å². The van der Waals surface area contributed by atoms with E-state index in [2.05, 4.69) is 26.4 Å². The summed E-state index contributed by atoms with van der Waals surface area (Å²) in [7, 11) is 0. The molecule has 1 aliphatic rings. The number of imidazole rings is 2. The van der Waals surface area contributed by atoms with Crippen LogP contribution in [0.2, 0.25) is 0 Å². The molecule has 0 amide bonds. The van der Waals surface area contributed by atoms with Crippen molar-refractivity contribution in [3.63, 3.8) is 0 Å². The first kappa shape index (κ1) is 13.8. The number of aryl methyl sites for hydroxylation is 1. The Morgan fingerprint density at radius 2 is 2.38 bits per heavy atom. The molecule has 0 saturated carbocycles. The largest absolute Gasteiger partial charge is 0.480 e. The molecule has 0 aliphatic carbocycles. The number of carbonyl (C=O) groups is 1. The molecule has 1 aliphatic heterocycles. The SMILES string of the molecule is CCCn1ccnc1CN1CCc2[nH]cnc2C1C(=O)O. The minimum absolute atomic E-state index is 0.524. The van der Waals surface area contributed by atoms with Gasteiger partial charge in [0.15, 0.2) is 6.04 Å². The zero-order valence-electron chi connectivity index (χ0n) is 12.0. The number of carboxylic acid groups (broad SMARTS) is 1. The lowest BCUT2D eigenvalue weighted by molar-refractivity contribution is -0.144. The van der Waals surface area contributed by atoms with Crippen LogP contribution in [0.3, 0.4) is 0 Å². The summed E-state index contributed by atoms with van der Waals surface area (Å²) in [5.74, 6) is 0.0405. The van der Waals surface area contributed by atoms with Gasteiger partial charge in [0, 0.05) is 37.6 Å². The molecule has 1 unspecified atom stereocenters. The molecule has 0 fully saturated rings. The number of carboxylic acids is 1. The van der Waals surface area contributed by atoms with E-state index in [1.807, 2.05) is 11.1 Å². The molecule has 0 bridgehead atoms. The predicted molar refractivity (Wildman–Crippen MR) is 75.6 cm³/mol. The topological polar surface area (TPSA) is 87.0 Å². The second-order valence-electron chi connectivity index (χ2n) is 5.26. The van der Waals surface area contributed by atoms with Crippen LogP contribution in [-0.4, -0.2) is 42.0 Å². The summed E-state index contributed by atoms with van der Waals surface area (Å²) in [6.45, 7) is 4.22. The Kier molecular flexibility index (Phi) is 3.74. The minimum Gasteiger partial charge on any atom is -0.480 e. The number of aliphatic carboxylic acids is 1. The van der Waals surface area contributed by atoms with Crippen molar-refractivity contribution in [1.29, 1.82) is 0 Å². The smallest absolute Gasteiger partial charge is 0.327 e. The van der Waals surface area contributed by atoms with E-state index < -0.39 is 12.0 Å². The van der Waals surface area contributed by atoms with Gasteiger partial charge >= 0.3 is 5.97 Å². The van der Waals surface area contributed by atoms with E-state index in [-0.39, 0.29) is 0 Å². The Balaban J connectivity index is 1.85. The Bertz CT molecular complexity index is 633. The predicted octanol–water partition coefficient (Wildman–Crippen LogP) is 1.20. The highest BCUT2D eigenvalue weighted by Gasteiger charge is 2.35. The maximum Gasteiger partial charge on any atom is 0.327 e. The lowest BCUT2D eigenvalue weighted by atomic mass is 10.0. The number of aromatic amines is 1. The number of rotatable bonds is 5. The zero-order chi connectivity index (χ0) is 14.8. The van der Waals surface area contributed by atoms with Gasteiger partial charge in [-0.3, -0.25) is 9.69 Å². The average molecular weight is 289 g/mol. The number of hydrogen-bond donors (Lipinski definition) is 2. The van der Waals surface area contributed by atoms with E-state index in [0.29, 0.717) is 18.8 Å². The molecule has 0 aromatic carbocycles. The van der Waals surface area contributed by atoms with Crippen LogP contribution in [-0.2, 0) is 24.3 Å². The van der Waals surface area contributed by atoms with Crippen LogP contribution < -0.4 is 0 Å². The molecule has 7 nitrogen and oxygen atoms in total. The van der Waals surface area contributed by atoms with E-state index >= 15 is 0 Å². The van der Waals surface area contributed by atoms with Crippen molar-refractivity contribution in [2.75, 3.05) is 6.54 Å². The second-order valence-corrected chi connectivity index (χ2v) is 5.26. The van der Waals surface area contributed by atoms with Crippen LogP contribution >= 0.6 is 0 Å². The summed E-state index contributed by atoms with van der Waals surface area (Å²) in [6.07, 6.45) is 7.09. The summed E-state index contributed by atoms with van der Waals surface area (Å²) >= 11 is 0. The third-order valence-electron chi connectivity index (χ3n) is 3.87. The van der Waals surface area contributed by atoms with Crippen LogP contribution in [0.15, 0.2) is 18.7 Å². The molecule has 0 saturated heterocycles. The molecule has 0 radical (unpaired) electrons. The van der Waals surface area contributed by atoms with Crippen molar-refractivity contribution < 1.29 is 9.90 Å². The van der Waals surface area contributed by atoms with Gasteiger partial charge in [-0.15, -0.1) is 0 Å². The first-order valence-corrected chi connectivity index (χ1v) is 7.19. The fraction of sp³-hybridized carbons (Fsp3) is 0.500. The van der Waals surface area contributed by atoms with Gasteiger partial charge in [0.25, 0.3) is 0 Å². The van der Waals surface area contributed by atoms with Crippen molar-refractivity contribution in [3.05, 3.63) is 35.9 Å². The van der Waals surface area contributed by atoms with E-state index in [1.54, 1.807) is 12.5 Å². The number of H-pyrrole nitrogens is 1. The summed E-state index contributed by atoms with van der Waals surface area (Å²) in [5, 5.41) is 9.55. The maximum absolute atomic E-state index is 11.6. The number of nitrogens with zero attached hydrogens (tertiary/aromatic N) is 4. The summed E-state index contributed by atoms with van der Waals surface area (Å²) < 4.78 is 2.08. The molecule has 0 spiro atoms. The molecule has 2 N–H and O–H groups in total. The standard InChI is InChI=1S/C14H19N5O2/c1-2-5-18-7-4-15-11(18)8-19-6-3-10-12(17-9-16-10)13(19)14(20)21/h4,7,9,13H,2-3,5-6,8H2,1H3,(H,16,17)(H,20,21). The Hall–Kier alpha value is -2.15. The molecule has 1 atom stereocenters. The summed E-state index contributed by atoms with van der Waals surface area (Å²) in [6, 6.07) is -0.702. The first-order valence-electron chi connectivity index (χ1n) is 7.19. The van der Waals surface area contributed by atoms with Crippen molar-refractivity contribution >= 4 is 5.97 Å². The molecule has 21 heavy (non-hydrogen) atoms. The molecule has 3 heterocycles. The zero-order valence-corrected chi connectivity index (χ0v) is 12.0. The molecular weight excluding hydrogens is 270 g/mol. The van der Waals surface area contributed by atoms with Crippen LogP contribution in [0.1, 0.15) is 36.6 Å². The van der Waals surface area contributed by atoms with Gasteiger partial charge in [0.2, 0.25) is 0 Å². The van der Waals surface area contributed by atoms with Gasteiger partial charge in [-0.1, -0.05) is 6.92 Å². The first-order chi connectivity index (χ1) is 10.2. The highest BCUT2D eigenvalue weighted by Crippen LogP contribution is 2.28. The fourth-order valence-electron chi connectivity index (χ4n) is 2.89. The van der Waals surface area contributed by atoms with Crippen molar-refractivity contribution in [3.8, 4) is 0 Å². The number of fused-ring (bicyclic) bond motifs is 1. The molecule has 2 aromatic heterocycles. The monoisotopic (exact) mass is 289 g/mol. The van der Waals surface area contributed by atoms with Gasteiger partial charge in [-0.05, 0) is 6.42 Å². The van der Waals surface area contributed by atoms with E-state index in [4.69, 9.17) is 0 Å². The van der Waals surface area contributed by atoms with Crippen molar-refractivity contribution in [2.45, 2.75) is 38.9 Å². The third-order valence-corrected chi connectivity index (χ3v) is 3.87. The van der Waals surface area contributed by atoms with Crippen LogP contribution in [0.4, 0.5) is 0 Å². The van der Waals surface area contributed by atoms with Gasteiger partial charge in [0.1, 0.15) is 5.82 Å². The molecule has 3 rings (SSSR count). The normalized spacial score (nSPS) is 18.6. The fourth-order valence-corrected chi connectivity index (χ4v) is 2.89. The molecular formula is C14H19N5O2. The lowest BCUT2D eigenvalue weighted by Crippen LogP contribution is -2.40. The van der Waals surface area contributed by atoms with Crippen molar-refractivity contribution in [1.82, 2.24) is 24.4 Å². The van der Waals surface area contributed by atoms with Crippen molar-refractivity contribution in [2.24, 2.45) is 0 Å². The van der Waals surface area contributed by atoms with Gasteiger partial charge in [0.05, 0.1) is 18.6 Å². The van der Waals surface area contributed by atoms with Gasteiger partial charge in [-0.2, -0.15) is 0 Å². The Morgan fingerprint density at radius 3 is 3.14 bits per heavy atom. The highest BCUT2D eigenvalue weighted by molar-refractivity contribution is 5.75. The summed E-state index contributed by atoms with van der Waals surface area (Å²) in [5.41, 5.74) is 1.55. The van der Waals surface area contributed by atoms with Crippen LogP contribution in [0.25, 0.3) is 0 Å². The molecule has 7 heteroatoms. The third kappa shape index (κ3) is 2.56. The number of nitrogens with one attached hydrogen (secondary N) is 1. The Morgan fingerprint density at radius 1 is 1.52 bits per heavy atom. The number of aromatic nitrogens is 4. The number of hydrogen-bond acceptors (Lipinski definition) is 4. The maximum atomic E-state index is 11.6. The van der Waals surface area contributed by atoms with Gasteiger partial charge < -0.3 is 14.7 Å². The molecule has 2 aromatic rings. The average Bonchev–Trinajstić information content (AvgIpc) is 3.08. The quantitative estimate of drug-likeness (QED) is 0.863.